The summed E-state index contributed by atoms with van der Waals surface area (Å²) in [6.07, 6.45) is 6.97. The fraction of sp³-hybridized carbons (Fsp3) is 0.533. The first-order chi connectivity index (χ1) is 10.0. The van der Waals surface area contributed by atoms with E-state index < -0.39 is 10.9 Å². The summed E-state index contributed by atoms with van der Waals surface area (Å²) >= 11 is 0. The predicted molar refractivity (Wildman–Crippen MR) is 79.9 cm³/mol. The van der Waals surface area contributed by atoms with Crippen LogP contribution in [0.5, 0.6) is 0 Å². The summed E-state index contributed by atoms with van der Waals surface area (Å²) in [5.74, 6) is -1.27. The zero-order valence-corrected chi connectivity index (χ0v) is 12.1. The van der Waals surface area contributed by atoms with Gasteiger partial charge in [0.1, 0.15) is 5.56 Å². The maximum Gasteiger partial charge on any atom is 0.342 e. The Labute approximate surface area is 123 Å². The number of hydrogen-bond donors (Lipinski definition) is 1. The first-order valence-corrected chi connectivity index (χ1v) is 7.25. The van der Waals surface area contributed by atoms with Crippen molar-refractivity contribution in [2.45, 2.75) is 44.6 Å². The molecule has 0 unspecified atom stereocenters. The average molecular weight is 292 g/mol. The Hall–Kier alpha value is -2.11. The molecule has 1 aromatic carbocycles. The fourth-order valence-corrected chi connectivity index (χ4v) is 2.93. The number of hydrogen-bond acceptors (Lipinski definition) is 4. The highest BCUT2D eigenvalue weighted by Crippen LogP contribution is 2.29. The van der Waals surface area contributed by atoms with Crippen molar-refractivity contribution in [2.24, 2.45) is 0 Å². The molecule has 1 aliphatic carbocycles. The molecule has 6 heteroatoms. The quantitative estimate of drug-likeness (QED) is 0.522. The summed E-state index contributed by atoms with van der Waals surface area (Å²) in [7, 11) is 1.93. The van der Waals surface area contributed by atoms with Crippen LogP contribution in [0.3, 0.4) is 0 Å². The van der Waals surface area contributed by atoms with Crippen LogP contribution in [0.25, 0.3) is 0 Å². The van der Waals surface area contributed by atoms with E-state index in [2.05, 4.69) is 0 Å². The zero-order valence-electron chi connectivity index (χ0n) is 12.1. The number of aromatic carboxylic acids is 1. The molecule has 0 aromatic heterocycles. The van der Waals surface area contributed by atoms with Gasteiger partial charge in [0.05, 0.1) is 4.92 Å². The Morgan fingerprint density at radius 3 is 2.43 bits per heavy atom. The van der Waals surface area contributed by atoms with Crippen molar-refractivity contribution in [3.05, 3.63) is 33.9 Å². The monoisotopic (exact) mass is 292 g/mol. The number of anilines is 1. The number of carboxylic acid groups (broad SMARTS) is 1. The number of carbonyl (C=O) groups is 1. The fourth-order valence-electron chi connectivity index (χ4n) is 2.93. The molecule has 0 saturated heterocycles. The minimum Gasteiger partial charge on any atom is -0.477 e. The lowest BCUT2D eigenvalue weighted by atomic mass is 10.1. The third-order valence-electron chi connectivity index (χ3n) is 4.19. The molecule has 1 aliphatic rings. The normalized spacial score (nSPS) is 16.2. The number of rotatable bonds is 4. The van der Waals surface area contributed by atoms with E-state index >= 15 is 0 Å². The molecule has 1 fully saturated rings. The second-order valence-corrected chi connectivity index (χ2v) is 5.52. The molecule has 1 aromatic rings. The Kier molecular flexibility index (Phi) is 4.77. The van der Waals surface area contributed by atoms with E-state index in [0.29, 0.717) is 11.7 Å². The molecule has 1 N–H and O–H groups in total. The summed E-state index contributed by atoms with van der Waals surface area (Å²) in [4.78, 5) is 23.5. The van der Waals surface area contributed by atoms with Crippen LogP contribution in [0.1, 0.15) is 48.9 Å². The topological polar surface area (TPSA) is 83.7 Å². The molecule has 6 nitrogen and oxygen atoms in total. The van der Waals surface area contributed by atoms with Crippen molar-refractivity contribution in [3.63, 3.8) is 0 Å². The molecule has 21 heavy (non-hydrogen) atoms. The van der Waals surface area contributed by atoms with Crippen molar-refractivity contribution in [1.29, 1.82) is 0 Å². The van der Waals surface area contributed by atoms with Gasteiger partial charge in [-0.2, -0.15) is 0 Å². The molecule has 0 spiro atoms. The maximum absolute atomic E-state index is 11.1. The standard InChI is InChI=1S/C15H20N2O4/c1-16(11-6-4-2-3-5-7-11)12-8-9-13(15(18)19)14(10-12)17(20)21/h8-11H,2-7H2,1H3,(H,18,19). The second kappa shape index (κ2) is 6.56. The van der Waals surface area contributed by atoms with Crippen LogP contribution >= 0.6 is 0 Å². The Morgan fingerprint density at radius 1 is 1.29 bits per heavy atom. The summed E-state index contributed by atoms with van der Waals surface area (Å²) < 4.78 is 0. The summed E-state index contributed by atoms with van der Waals surface area (Å²) in [6.45, 7) is 0. The molecule has 0 amide bonds. The van der Waals surface area contributed by atoms with E-state index in [9.17, 15) is 14.9 Å². The van der Waals surface area contributed by atoms with Crippen molar-refractivity contribution < 1.29 is 14.8 Å². The van der Waals surface area contributed by atoms with Gasteiger partial charge in [0.2, 0.25) is 0 Å². The smallest absolute Gasteiger partial charge is 0.342 e. The molecule has 0 aliphatic heterocycles. The lowest BCUT2D eigenvalue weighted by Gasteiger charge is -2.29. The number of carboxylic acids is 1. The molecule has 0 bridgehead atoms. The van der Waals surface area contributed by atoms with Crippen LogP contribution < -0.4 is 4.90 Å². The van der Waals surface area contributed by atoms with Gasteiger partial charge in [0.25, 0.3) is 5.69 Å². The molecule has 2 rings (SSSR count). The molecule has 0 heterocycles. The van der Waals surface area contributed by atoms with E-state index in [-0.39, 0.29) is 11.3 Å². The van der Waals surface area contributed by atoms with Gasteiger partial charge in [-0.05, 0) is 25.0 Å². The molecule has 0 radical (unpaired) electrons. The number of nitrogens with zero attached hydrogens (tertiary/aromatic N) is 2. The maximum atomic E-state index is 11.1. The summed E-state index contributed by atoms with van der Waals surface area (Å²) in [6, 6.07) is 4.71. The Morgan fingerprint density at radius 2 is 1.90 bits per heavy atom. The molecule has 0 atom stereocenters. The van der Waals surface area contributed by atoms with Crippen LogP contribution in [0.15, 0.2) is 18.2 Å². The highest BCUT2D eigenvalue weighted by atomic mass is 16.6. The van der Waals surface area contributed by atoms with E-state index in [4.69, 9.17) is 5.11 Å². The van der Waals surface area contributed by atoms with E-state index in [1.165, 1.54) is 37.8 Å². The van der Waals surface area contributed by atoms with Crippen molar-refractivity contribution in [1.82, 2.24) is 0 Å². The van der Waals surface area contributed by atoms with Crippen LogP contribution in [0.4, 0.5) is 11.4 Å². The van der Waals surface area contributed by atoms with Crippen molar-refractivity contribution in [3.8, 4) is 0 Å². The van der Waals surface area contributed by atoms with Gasteiger partial charge in [-0.1, -0.05) is 25.7 Å². The summed E-state index contributed by atoms with van der Waals surface area (Å²) in [5, 5.41) is 20.1. The van der Waals surface area contributed by atoms with Crippen molar-refractivity contribution in [2.75, 3.05) is 11.9 Å². The van der Waals surface area contributed by atoms with Gasteiger partial charge in [0, 0.05) is 24.8 Å². The third-order valence-corrected chi connectivity index (χ3v) is 4.19. The Balaban J connectivity index is 2.28. The van der Waals surface area contributed by atoms with Gasteiger partial charge in [-0.3, -0.25) is 10.1 Å². The third kappa shape index (κ3) is 3.51. The predicted octanol–water partition coefficient (Wildman–Crippen LogP) is 3.45. The van der Waals surface area contributed by atoms with Crippen LogP contribution in [0, 0.1) is 10.1 Å². The highest BCUT2D eigenvalue weighted by Gasteiger charge is 2.23. The lowest BCUT2D eigenvalue weighted by molar-refractivity contribution is -0.385. The minimum absolute atomic E-state index is 0.266. The van der Waals surface area contributed by atoms with Gasteiger partial charge >= 0.3 is 5.97 Å². The first-order valence-electron chi connectivity index (χ1n) is 7.25. The Bertz CT molecular complexity index is 536. The zero-order chi connectivity index (χ0) is 15.4. The molecular formula is C15H20N2O4. The second-order valence-electron chi connectivity index (χ2n) is 5.52. The number of benzene rings is 1. The largest absolute Gasteiger partial charge is 0.477 e. The SMILES string of the molecule is CN(c1ccc(C(=O)O)c([N+](=O)[O-])c1)C1CCCCCC1. The lowest BCUT2D eigenvalue weighted by Crippen LogP contribution is -2.31. The number of nitro benzene ring substituents is 1. The van der Waals surface area contributed by atoms with Crippen molar-refractivity contribution >= 4 is 17.3 Å². The highest BCUT2D eigenvalue weighted by molar-refractivity contribution is 5.93. The van der Waals surface area contributed by atoms with Crippen LogP contribution in [-0.2, 0) is 0 Å². The average Bonchev–Trinajstić information content (AvgIpc) is 2.74. The van der Waals surface area contributed by atoms with Gasteiger partial charge in [-0.15, -0.1) is 0 Å². The molecule has 114 valence electrons. The van der Waals surface area contributed by atoms with Gasteiger partial charge in [-0.25, -0.2) is 4.79 Å². The van der Waals surface area contributed by atoms with Crippen LogP contribution in [-0.4, -0.2) is 29.1 Å². The van der Waals surface area contributed by atoms with Gasteiger partial charge < -0.3 is 10.0 Å². The summed E-state index contributed by atoms with van der Waals surface area (Å²) in [5.41, 5.74) is 0.0945. The van der Waals surface area contributed by atoms with E-state index in [1.54, 1.807) is 6.07 Å². The number of nitro groups is 1. The van der Waals surface area contributed by atoms with E-state index in [1.807, 2.05) is 11.9 Å². The van der Waals surface area contributed by atoms with Crippen LogP contribution in [0.2, 0.25) is 0 Å². The minimum atomic E-state index is -1.27. The van der Waals surface area contributed by atoms with Gasteiger partial charge in [0.15, 0.2) is 0 Å². The van der Waals surface area contributed by atoms with E-state index in [0.717, 1.165) is 12.8 Å². The molecule has 1 saturated carbocycles. The first kappa shape index (κ1) is 15.3. The molecular weight excluding hydrogens is 272 g/mol.